The van der Waals surface area contributed by atoms with E-state index in [-0.39, 0.29) is 17.5 Å². The van der Waals surface area contributed by atoms with Crippen LogP contribution in [0.25, 0.3) is 0 Å². The summed E-state index contributed by atoms with van der Waals surface area (Å²) in [6, 6.07) is 6.21. The Bertz CT molecular complexity index is 426. The van der Waals surface area contributed by atoms with Crippen LogP contribution in [-0.4, -0.2) is 34.5 Å². The quantitative estimate of drug-likeness (QED) is 0.870. The van der Waals surface area contributed by atoms with Crippen LogP contribution in [0.1, 0.15) is 41.5 Å². The Labute approximate surface area is 101 Å². The number of hydrogen-bond donors (Lipinski definition) is 1. The highest BCUT2D eigenvalue weighted by Crippen LogP contribution is 2.10. The zero-order valence-electron chi connectivity index (χ0n) is 10.3. The number of aromatic carboxylic acids is 1. The van der Waals surface area contributed by atoms with Gasteiger partial charge in [0.2, 0.25) is 0 Å². The van der Waals surface area contributed by atoms with Crippen LogP contribution in [0.4, 0.5) is 0 Å². The van der Waals surface area contributed by atoms with E-state index in [1.807, 2.05) is 20.8 Å². The van der Waals surface area contributed by atoms with Crippen molar-refractivity contribution in [2.75, 3.05) is 6.54 Å². The summed E-state index contributed by atoms with van der Waals surface area (Å²) < 4.78 is 0. The molecule has 0 unspecified atom stereocenters. The second-order valence-electron chi connectivity index (χ2n) is 4.07. The third-order valence-corrected chi connectivity index (χ3v) is 2.58. The number of rotatable bonds is 4. The Morgan fingerprint density at radius 2 is 1.88 bits per heavy atom. The van der Waals surface area contributed by atoms with Crippen LogP contribution in [0.2, 0.25) is 0 Å². The van der Waals surface area contributed by atoms with E-state index >= 15 is 0 Å². The lowest BCUT2D eigenvalue weighted by molar-refractivity contribution is 0.0697. The van der Waals surface area contributed by atoms with E-state index in [2.05, 4.69) is 0 Å². The fraction of sp³-hybridized carbons (Fsp3) is 0.385. The van der Waals surface area contributed by atoms with Gasteiger partial charge in [0.15, 0.2) is 0 Å². The maximum absolute atomic E-state index is 12.1. The molecule has 0 aliphatic carbocycles. The highest BCUT2D eigenvalue weighted by atomic mass is 16.4. The fourth-order valence-corrected chi connectivity index (χ4v) is 1.69. The number of benzene rings is 1. The summed E-state index contributed by atoms with van der Waals surface area (Å²) in [4.78, 5) is 24.6. The van der Waals surface area contributed by atoms with Crippen LogP contribution in [0.3, 0.4) is 0 Å². The summed E-state index contributed by atoms with van der Waals surface area (Å²) in [5.41, 5.74) is 0.552. The van der Waals surface area contributed by atoms with Gasteiger partial charge < -0.3 is 10.0 Å². The van der Waals surface area contributed by atoms with E-state index in [4.69, 9.17) is 5.11 Å². The molecule has 92 valence electrons. The minimum absolute atomic E-state index is 0.0981. The van der Waals surface area contributed by atoms with Crippen molar-refractivity contribution in [2.24, 2.45) is 0 Å². The maximum Gasteiger partial charge on any atom is 0.335 e. The van der Waals surface area contributed by atoms with Gasteiger partial charge in [-0.15, -0.1) is 0 Å². The first-order chi connectivity index (χ1) is 7.97. The average Bonchev–Trinajstić information content (AvgIpc) is 2.29. The molecule has 0 aliphatic rings. The summed E-state index contributed by atoms with van der Waals surface area (Å²) in [6.07, 6.45) is 0. The molecule has 0 radical (unpaired) electrons. The van der Waals surface area contributed by atoms with Gasteiger partial charge in [-0.2, -0.15) is 0 Å². The Kier molecular flexibility index (Phi) is 4.26. The summed E-state index contributed by atoms with van der Waals surface area (Å²) in [5.74, 6) is -1.15. The van der Waals surface area contributed by atoms with E-state index in [1.165, 1.54) is 12.1 Å². The van der Waals surface area contributed by atoms with Crippen LogP contribution in [0, 0.1) is 0 Å². The summed E-state index contributed by atoms with van der Waals surface area (Å²) in [7, 11) is 0. The molecule has 4 nitrogen and oxygen atoms in total. The Balaban J connectivity index is 3.03. The zero-order chi connectivity index (χ0) is 13.0. The van der Waals surface area contributed by atoms with Gasteiger partial charge in [-0.1, -0.05) is 6.07 Å². The monoisotopic (exact) mass is 235 g/mol. The fourth-order valence-electron chi connectivity index (χ4n) is 1.69. The van der Waals surface area contributed by atoms with E-state index in [0.717, 1.165) is 0 Å². The predicted octanol–water partition coefficient (Wildman–Crippen LogP) is 2.26. The molecule has 0 heterocycles. The number of amides is 1. The van der Waals surface area contributed by atoms with Gasteiger partial charge >= 0.3 is 5.97 Å². The van der Waals surface area contributed by atoms with Crippen molar-refractivity contribution >= 4 is 11.9 Å². The lowest BCUT2D eigenvalue weighted by Crippen LogP contribution is -2.36. The molecule has 1 rings (SSSR count). The van der Waals surface area contributed by atoms with Crippen molar-refractivity contribution in [3.8, 4) is 0 Å². The molecular weight excluding hydrogens is 218 g/mol. The normalized spacial score (nSPS) is 10.4. The second-order valence-corrected chi connectivity index (χ2v) is 4.07. The number of carboxylic acids is 1. The third-order valence-electron chi connectivity index (χ3n) is 2.58. The standard InChI is InChI=1S/C13H17NO3/c1-4-14(9(2)3)12(15)10-6-5-7-11(8-10)13(16)17/h5-9H,4H2,1-3H3,(H,16,17). The number of carboxylic acid groups (broad SMARTS) is 1. The van der Waals surface area contributed by atoms with E-state index in [9.17, 15) is 9.59 Å². The predicted molar refractivity (Wildman–Crippen MR) is 65.2 cm³/mol. The topological polar surface area (TPSA) is 57.6 Å². The highest BCUT2D eigenvalue weighted by molar-refractivity contribution is 5.97. The van der Waals surface area contributed by atoms with Gasteiger partial charge in [0.05, 0.1) is 5.56 Å². The van der Waals surface area contributed by atoms with Crippen molar-refractivity contribution in [2.45, 2.75) is 26.8 Å². The van der Waals surface area contributed by atoms with Crippen LogP contribution >= 0.6 is 0 Å². The van der Waals surface area contributed by atoms with Crippen LogP contribution in [0.5, 0.6) is 0 Å². The molecule has 0 saturated heterocycles. The SMILES string of the molecule is CCN(C(=O)c1cccc(C(=O)O)c1)C(C)C. The van der Waals surface area contributed by atoms with Crippen molar-refractivity contribution in [1.29, 1.82) is 0 Å². The molecule has 0 spiro atoms. The lowest BCUT2D eigenvalue weighted by Gasteiger charge is -2.25. The molecule has 0 fully saturated rings. The molecule has 1 aromatic rings. The first kappa shape index (κ1) is 13.2. The number of carbonyl (C=O) groups excluding carboxylic acids is 1. The summed E-state index contributed by atoms with van der Waals surface area (Å²) >= 11 is 0. The molecule has 4 heteroatoms. The molecule has 1 amide bonds. The van der Waals surface area contributed by atoms with Gasteiger partial charge in [0.1, 0.15) is 0 Å². The molecule has 0 bridgehead atoms. The minimum Gasteiger partial charge on any atom is -0.478 e. The first-order valence-corrected chi connectivity index (χ1v) is 5.61. The second kappa shape index (κ2) is 5.48. The zero-order valence-corrected chi connectivity index (χ0v) is 10.3. The van der Waals surface area contributed by atoms with Gasteiger partial charge in [-0.3, -0.25) is 4.79 Å². The Morgan fingerprint density at radius 1 is 1.29 bits per heavy atom. The van der Waals surface area contributed by atoms with Crippen LogP contribution < -0.4 is 0 Å². The molecule has 17 heavy (non-hydrogen) atoms. The Hall–Kier alpha value is -1.84. The third kappa shape index (κ3) is 3.06. The smallest absolute Gasteiger partial charge is 0.335 e. The van der Waals surface area contributed by atoms with Crippen molar-refractivity contribution in [1.82, 2.24) is 4.90 Å². The molecule has 0 aliphatic heterocycles. The van der Waals surface area contributed by atoms with Gasteiger partial charge in [0, 0.05) is 18.2 Å². The molecule has 0 aromatic heterocycles. The van der Waals surface area contributed by atoms with E-state index < -0.39 is 5.97 Å². The average molecular weight is 235 g/mol. The highest BCUT2D eigenvalue weighted by Gasteiger charge is 2.17. The van der Waals surface area contributed by atoms with Crippen molar-refractivity contribution < 1.29 is 14.7 Å². The van der Waals surface area contributed by atoms with Crippen LogP contribution in [0.15, 0.2) is 24.3 Å². The lowest BCUT2D eigenvalue weighted by atomic mass is 10.1. The van der Waals surface area contributed by atoms with Crippen LogP contribution in [-0.2, 0) is 0 Å². The summed E-state index contributed by atoms with van der Waals surface area (Å²) in [6.45, 7) is 6.37. The number of carbonyl (C=O) groups is 2. The number of nitrogens with zero attached hydrogens (tertiary/aromatic N) is 1. The van der Waals surface area contributed by atoms with E-state index in [1.54, 1.807) is 17.0 Å². The molecular formula is C13H17NO3. The Morgan fingerprint density at radius 3 is 2.35 bits per heavy atom. The maximum atomic E-state index is 12.1. The van der Waals surface area contributed by atoms with Gasteiger partial charge in [-0.05, 0) is 39.0 Å². The summed E-state index contributed by atoms with van der Waals surface area (Å²) in [5, 5.41) is 8.87. The molecule has 1 aromatic carbocycles. The van der Waals surface area contributed by atoms with Gasteiger partial charge in [0.25, 0.3) is 5.91 Å². The van der Waals surface area contributed by atoms with Crippen molar-refractivity contribution in [3.05, 3.63) is 35.4 Å². The first-order valence-electron chi connectivity index (χ1n) is 5.61. The van der Waals surface area contributed by atoms with Crippen molar-refractivity contribution in [3.63, 3.8) is 0 Å². The van der Waals surface area contributed by atoms with Gasteiger partial charge in [-0.25, -0.2) is 4.79 Å². The number of hydrogen-bond acceptors (Lipinski definition) is 2. The van der Waals surface area contributed by atoms with E-state index in [0.29, 0.717) is 12.1 Å². The largest absolute Gasteiger partial charge is 0.478 e. The molecule has 1 N–H and O–H groups in total. The minimum atomic E-state index is -1.02. The molecule has 0 atom stereocenters. The molecule has 0 saturated carbocycles.